The number of benzene rings is 1. The molecule has 0 aliphatic carbocycles. The van der Waals surface area contributed by atoms with Crippen LogP contribution in [-0.4, -0.2) is 35.6 Å². The lowest BCUT2D eigenvalue weighted by atomic mass is 10.1. The van der Waals surface area contributed by atoms with Crippen LogP contribution in [0.1, 0.15) is 18.9 Å². The Kier molecular flexibility index (Phi) is 4.34. The second kappa shape index (κ2) is 5.99. The highest BCUT2D eigenvalue weighted by atomic mass is 16.6. The molecule has 1 aromatic carbocycles. The summed E-state index contributed by atoms with van der Waals surface area (Å²) in [6, 6.07) is 5.01. The van der Waals surface area contributed by atoms with Crippen LogP contribution in [0.25, 0.3) is 0 Å². The van der Waals surface area contributed by atoms with Gasteiger partial charge in [-0.05, 0) is 25.0 Å². The number of hydrogen-bond donors (Lipinski definition) is 1. The minimum absolute atomic E-state index is 0.0170. The van der Waals surface area contributed by atoms with E-state index in [1.165, 1.54) is 0 Å². The number of ether oxygens (including phenoxy) is 1. The van der Waals surface area contributed by atoms with E-state index in [1.807, 2.05) is 13.0 Å². The van der Waals surface area contributed by atoms with Crippen LogP contribution in [0, 0.1) is 10.1 Å². The van der Waals surface area contributed by atoms with Gasteiger partial charge in [-0.3, -0.25) is 15.0 Å². The van der Waals surface area contributed by atoms with Crippen LogP contribution in [-0.2, 0) is 11.3 Å². The van der Waals surface area contributed by atoms with Crippen molar-refractivity contribution in [1.29, 1.82) is 0 Å². The Balaban J connectivity index is 2.10. The third-order valence-electron chi connectivity index (χ3n) is 3.23. The van der Waals surface area contributed by atoms with Crippen LogP contribution in [0.4, 0.5) is 11.4 Å². The van der Waals surface area contributed by atoms with Crippen LogP contribution in [0.5, 0.6) is 0 Å². The van der Waals surface area contributed by atoms with Crippen LogP contribution >= 0.6 is 0 Å². The number of nitro benzene ring substituents is 1. The highest BCUT2D eigenvalue weighted by Gasteiger charge is 2.17. The number of rotatable bonds is 3. The Labute approximate surface area is 112 Å². The van der Waals surface area contributed by atoms with Gasteiger partial charge in [-0.2, -0.15) is 0 Å². The lowest BCUT2D eigenvalue weighted by Crippen LogP contribution is -2.29. The molecule has 1 saturated heterocycles. The molecular formula is C13H19N3O3. The quantitative estimate of drug-likeness (QED) is 0.512. The molecule has 0 bridgehead atoms. The summed E-state index contributed by atoms with van der Waals surface area (Å²) in [7, 11) is 0. The summed E-state index contributed by atoms with van der Waals surface area (Å²) in [5, 5.41) is 10.9. The molecule has 1 atom stereocenters. The summed E-state index contributed by atoms with van der Waals surface area (Å²) in [5.41, 5.74) is 6.70. The van der Waals surface area contributed by atoms with Gasteiger partial charge in [0, 0.05) is 32.3 Å². The first kappa shape index (κ1) is 13.8. The molecule has 6 heteroatoms. The molecule has 19 heavy (non-hydrogen) atoms. The molecule has 0 aromatic heterocycles. The number of nitrogen functional groups attached to an aromatic ring is 1. The van der Waals surface area contributed by atoms with E-state index in [4.69, 9.17) is 10.5 Å². The summed E-state index contributed by atoms with van der Waals surface area (Å²) in [5.74, 6) is 0. The minimum atomic E-state index is -0.438. The van der Waals surface area contributed by atoms with E-state index >= 15 is 0 Å². The van der Waals surface area contributed by atoms with Crippen LogP contribution in [0.2, 0.25) is 0 Å². The summed E-state index contributed by atoms with van der Waals surface area (Å²) in [6.45, 7) is 5.30. The van der Waals surface area contributed by atoms with E-state index in [0.717, 1.165) is 31.7 Å². The molecule has 1 heterocycles. The molecule has 6 nitrogen and oxygen atoms in total. The Hall–Kier alpha value is -1.66. The molecule has 0 saturated carbocycles. The maximum atomic E-state index is 10.9. The standard InChI is InChI=1S/C13H19N3O3/c1-10-8-15(5-2-6-19-10)9-11-3-4-12(14)13(7-11)16(17)18/h3-4,7,10H,2,5-6,8-9,14H2,1H3. The van der Waals surface area contributed by atoms with Gasteiger partial charge in [0.2, 0.25) is 0 Å². The van der Waals surface area contributed by atoms with Gasteiger partial charge < -0.3 is 10.5 Å². The number of anilines is 1. The smallest absolute Gasteiger partial charge is 0.292 e. The number of nitrogens with zero attached hydrogens (tertiary/aromatic N) is 2. The van der Waals surface area contributed by atoms with Crippen molar-refractivity contribution >= 4 is 11.4 Å². The molecule has 1 unspecified atom stereocenters. The molecule has 1 aromatic rings. The van der Waals surface area contributed by atoms with Crippen molar-refractivity contribution in [2.45, 2.75) is 26.0 Å². The number of nitro groups is 1. The molecule has 1 aliphatic heterocycles. The Morgan fingerprint density at radius 1 is 1.58 bits per heavy atom. The lowest BCUT2D eigenvalue weighted by molar-refractivity contribution is -0.384. The highest BCUT2D eigenvalue weighted by Crippen LogP contribution is 2.23. The van der Waals surface area contributed by atoms with Crippen molar-refractivity contribution in [2.24, 2.45) is 0 Å². The fourth-order valence-corrected chi connectivity index (χ4v) is 2.33. The third-order valence-corrected chi connectivity index (χ3v) is 3.23. The summed E-state index contributed by atoms with van der Waals surface area (Å²) >= 11 is 0. The monoisotopic (exact) mass is 265 g/mol. The van der Waals surface area contributed by atoms with Gasteiger partial charge in [-0.1, -0.05) is 6.07 Å². The Morgan fingerprint density at radius 3 is 3.11 bits per heavy atom. The van der Waals surface area contributed by atoms with E-state index in [1.54, 1.807) is 12.1 Å². The molecule has 1 aliphatic rings. The van der Waals surface area contributed by atoms with Gasteiger partial charge in [-0.15, -0.1) is 0 Å². The maximum absolute atomic E-state index is 10.9. The van der Waals surface area contributed by atoms with Gasteiger partial charge >= 0.3 is 0 Å². The summed E-state index contributed by atoms with van der Waals surface area (Å²) in [6.07, 6.45) is 1.19. The Morgan fingerprint density at radius 2 is 2.37 bits per heavy atom. The van der Waals surface area contributed by atoms with Crippen LogP contribution in [0.3, 0.4) is 0 Å². The average molecular weight is 265 g/mol. The highest BCUT2D eigenvalue weighted by molar-refractivity contribution is 5.59. The average Bonchev–Trinajstić information content (AvgIpc) is 2.56. The van der Waals surface area contributed by atoms with E-state index < -0.39 is 4.92 Å². The number of nitrogens with two attached hydrogens (primary N) is 1. The molecule has 0 radical (unpaired) electrons. The second-order valence-electron chi connectivity index (χ2n) is 4.92. The van der Waals surface area contributed by atoms with Crippen molar-refractivity contribution in [3.8, 4) is 0 Å². The lowest BCUT2D eigenvalue weighted by Gasteiger charge is -2.21. The minimum Gasteiger partial charge on any atom is -0.393 e. The van der Waals surface area contributed by atoms with Crippen molar-refractivity contribution in [3.63, 3.8) is 0 Å². The molecule has 0 spiro atoms. The first-order valence-corrected chi connectivity index (χ1v) is 6.43. The second-order valence-corrected chi connectivity index (χ2v) is 4.92. The largest absolute Gasteiger partial charge is 0.393 e. The van der Waals surface area contributed by atoms with Gasteiger partial charge in [0.05, 0.1) is 11.0 Å². The van der Waals surface area contributed by atoms with E-state index in [0.29, 0.717) is 6.54 Å². The topological polar surface area (TPSA) is 81.6 Å². The fourth-order valence-electron chi connectivity index (χ4n) is 2.33. The van der Waals surface area contributed by atoms with Gasteiger partial charge in [0.1, 0.15) is 5.69 Å². The van der Waals surface area contributed by atoms with Crippen molar-refractivity contribution in [3.05, 3.63) is 33.9 Å². The zero-order valence-corrected chi connectivity index (χ0v) is 11.0. The number of hydrogen-bond acceptors (Lipinski definition) is 5. The predicted octanol–water partition coefficient (Wildman–Crippen LogP) is 1.79. The molecular weight excluding hydrogens is 246 g/mol. The van der Waals surface area contributed by atoms with Crippen molar-refractivity contribution < 1.29 is 9.66 Å². The van der Waals surface area contributed by atoms with Crippen molar-refractivity contribution in [1.82, 2.24) is 4.90 Å². The predicted molar refractivity (Wildman–Crippen MR) is 72.8 cm³/mol. The van der Waals surface area contributed by atoms with Crippen LogP contribution < -0.4 is 5.73 Å². The fraction of sp³-hybridized carbons (Fsp3) is 0.538. The van der Waals surface area contributed by atoms with E-state index in [-0.39, 0.29) is 17.5 Å². The molecule has 0 amide bonds. The first-order valence-electron chi connectivity index (χ1n) is 6.43. The van der Waals surface area contributed by atoms with E-state index in [9.17, 15) is 10.1 Å². The molecule has 1 fully saturated rings. The van der Waals surface area contributed by atoms with Gasteiger partial charge in [0.25, 0.3) is 5.69 Å². The third kappa shape index (κ3) is 3.65. The molecule has 2 N–H and O–H groups in total. The van der Waals surface area contributed by atoms with Gasteiger partial charge in [0.15, 0.2) is 0 Å². The van der Waals surface area contributed by atoms with E-state index in [2.05, 4.69) is 4.90 Å². The molecule has 104 valence electrons. The van der Waals surface area contributed by atoms with Crippen LogP contribution in [0.15, 0.2) is 18.2 Å². The summed E-state index contributed by atoms with van der Waals surface area (Å²) in [4.78, 5) is 12.7. The maximum Gasteiger partial charge on any atom is 0.292 e. The zero-order chi connectivity index (χ0) is 13.8. The SMILES string of the molecule is CC1CN(Cc2ccc(N)c([N+](=O)[O-])c2)CCCO1. The first-order chi connectivity index (χ1) is 9.06. The summed E-state index contributed by atoms with van der Waals surface area (Å²) < 4.78 is 5.58. The van der Waals surface area contributed by atoms with Crippen molar-refractivity contribution in [2.75, 3.05) is 25.4 Å². The Bertz CT molecular complexity index is 464. The zero-order valence-electron chi connectivity index (χ0n) is 11.0. The van der Waals surface area contributed by atoms with Gasteiger partial charge in [-0.25, -0.2) is 0 Å². The molecule has 2 rings (SSSR count). The normalized spacial score (nSPS) is 21.0.